The van der Waals surface area contributed by atoms with Crippen LogP contribution in [0.25, 0.3) is 0 Å². The molecule has 0 bridgehead atoms. The first-order valence-corrected chi connectivity index (χ1v) is 5.48. The van der Waals surface area contributed by atoms with Gasteiger partial charge in [-0.25, -0.2) is 0 Å². The third-order valence-electron chi connectivity index (χ3n) is 2.59. The molecule has 2 rings (SSSR count). The molecule has 0 aliphatic rings. The third kappa shape index (κ3) is 2.97. The number of methoxy groups -OCH3 is 1. The van der Waals surface area contributed by atoms with Crippen LogP contribution in [0.4, 0.5) is 0 Å². The van der Waals surface area contributed by atoms with Crippen LogP contribution in [-0.2, 0) is 12.8 Å². The number of carbonyl (C=O) groups is 1. The van der Waals surface area contributed by atoms with E-state index in [4.69, 9.17) is 9.15 Å². The quantitative estimate of drug-likeness (QED) is 0.741. The second-order valence-electron chi connectivity index (χ2n) is 3.77. The van der Waals surface area contributed by atoms with E-state index in [9.17, 15) is 4.79 Å². The van der Waals surface area contributed by atoms with Gasteiger partial charge in [-0.15, -0.1) is 0 Å². The first-order valence-electron chi connectivity index (χ1n) is 5.48. The van der Waals surface area contributed by atoms with Crippen LogP contribution >= 0.6 is 0 Å². The lowest BCUT2D eigenvalue weighted by molar-refractivity contribution is 0.109. The van der Waals surface area contributed by atoms with Crippen LogP contribution < -0.4 is 4.74 Å². The fraction of sp³-hybridized carbons (Fsp3) is 0.214. The highest BCUT2D eigenvalue weighted by Crippen LogP contribution is 2.15. The molecule has 17 heavy (non-hydrogen) atoms. The maximum atomic E-state index is 10.5. The van der Waals surface area contributed by atoms with Gasteiger partial charge in [0.2, 0.25) is 0 Å². The average Bonchev–Trinajstić information content (AvgIpc) is 2.84. The van der Waals surface area contributed by atoms with Crippen LogP contribution in [0.2, 0.25) is 0 Å². The van der Waals surface area contributed by atoms with Crippen molar-refractivity contribution in [2.45, 2.75) is 12.8 Å². The number of rotatable bonds is 5. The van der Waals surface area contributed by atoms with Gasteiger partial charge >= 0.3 is 0 Å². The molecule has 0 atom stereocenters. The second-order valence-corrected chi connectivity index (χ2v) is 3.77. The highest BCUT2D eigenvalue weighted by molar-refractivity contribution is 5.70. The van der Waals surface area contributed by atoms with Crippen molar-refractivity contribution in [1.29, 1.82) is 0 Å². The van der Waals surface area contributed by atoms with Crippen molar-refractivity contribution < 1.29 is 13.9 Å². The minimum Gasteiger partial charge on any atom is -0.497 e. The van der Waals surface area contributed by atoms with E-state index in [0.29, 0.717) is 5.76 Å². The fourth-order valence-electron chi connectivity index (χ4n) is 1.69. The molecular weight excluding hydrogens is 216 g/mol. The summed E-state index contributed by atoms with van der Waals surface area (Å²) < 4.78 is 10.5. The van der Waals surface area contributed by atoms with Crippen molar-refractivity contribution in [3.63, 3.8) is 0 Å². The van der Waals surface area contributed by atoms with E-state index in [1.807, 2.05) is 30.3 Å². The molecule has 0 amide bonds. The highest BCUT2D eigenvalue weighted by Gasteiger charge is 2.02. The summed E-state index contributed by atoms with van der Waals surface area (Å²) in [6.45, 7) is 0. The summed E-state index contributed by atoms with van der Waals surface area (Å²) in [5.41, 5.74) is 1.19. The summed E-state index contributed by atoms with van der Waals surface area (Å²) >= 11 is 0. The molecule has 1 heterocycles. The summed E-state index contributed by atoms with van der Waals surface area (Å²) in [6, 6.07) is 11.5. The summed E-state index contributed by atoms with van der Waals surface area (Å²) in [6.07, 6.45) is 2.36. The van der Waals surface area contributed by atoms with E-state index in [2.05, 4.69) is 0 Å². The number of hydrogen-bond acceptors (Lipinski definition) is 3. The van der Waals surface area contributed by atoms with Crippen molar-refractivity contribution in [2.75, 3.05) is 7.11 Å². The Morgan fingerprint density at radius 3 is 2.82 bits per heavy atom. The molecule has 2 aromatic rings. The molecule has 1 aromatic heterocycles. The summed E-state index contributed by atoms with van der Waals surface area (Å²) in [7, 11) is 1.65. The zero-order valence-electron chi connectivity index (χ0n) is 9.68. The Morgan fingerprint density at radius 1 is 1.24 bits per heavy atom. The SMILES string of the molecule is COc1cccc(CCc2ccc(C=O)o2)c1. The van der Waals surface area contributed by atoms with Crippen LogP contribution in [0.15, 0.2) is 40.8 Å². The number of benzene rings is 1. The summed E-state index contributed by atoms with van der Waals surface area (Å²) in [5, 5.41) is 0. The number of furan rings is 1. The van der Waals surface area contributed by atoms with Crippen molar-refractivity contribution in [3.05, 3.63) is 53.5 Å². The molecule has 3 heteroatoms. The highest BCUT2D eigenvalue weighted by atomic mass is 16.5. The van der Waals surface area contributed by atoms with Gasteiger partial charge in [0, 0.05) is 6.42 Å². The van der Waals surface area contributed by atoms with Crippen molar-refractivity contribution >= 4 is 6.29 Å². The van der Waals surface area contributed by atoms with E-state index in [-0.39, 0.29) is 0 Å². The predicted molar refractivity (Wildman–Crippen MR) is 64.5 cm³/mol. The second kappa shape index (κ2) is 5.34. The number of aldehydes is 1. The molecule has 0 saturated heterocycles. The van der Waals surface area contributed by atoms with E-state index >= 15 is 0 Å². The first-order chi connectivity index (χ1) is 8.31. The Labute approximate surface area is 100 Å². The molecular formula is C14H14O3. The van der Waals surface area contributed by atoms with Crippen molar-refractivity contribution in [2.24, 2.45) is 0 Å². The van der Waals surface area contributed by atoms with Gasteiger partial charge in [-0.2, -0.15) is 0 Å². The fourth-order valence-corrected chi connectivity index (χ4v) is 1.69. The lowest BCUT2D eigenvalue weighted by atomic mass is 10.1. The van der Waals surface area contributed by atoms with Gasteiger partial charge in [0.25, 0.3) is 0 Å². The van der Waals surface area contributed by atoms with Crippen LogP contribution in [0, 0.1) is 0 Å². The van der Waals surface area contributed by atoms with Gasteiger partial charge < -0.3 is 9.15 Å². The molecule has 0 radical (unpaired) electrons. The van der Waals surface area contributed by atoms with Gasteiger partial charge in [-0.3, -0.25) is 4.79 Å². The van der Waals surface area contributed by atoms with Gasteiger partial charge in [0.05, 0.1) is 7.11 Å². The zero-order chi connectivity index (χ0) is 12.1. The Balaban J connectivity index is 1.99. The number of aryl methyl sites for hydroxylation is 2. The number of carbonyl (C=O) groups excluding carboxylic acids is 1. The standard InChI is InChI=1S/C14H14O3/c1-16-13-4-2-3-11(9-13)5-6-12-7-8-14(10-15)17-12/h2-4,7-10H,5-6H2,1H3. The van der Waals surface area contributed by atoms with Gasteiger partial charge in [-0.05, 0) is 36.2 Å². The monoisotopic (exact) mass is 230 g/mol. The average molecular weight is 230 g/mol. The molecule has 0 saturated carbocycles. The van der Waals surface area contributed by atoms with Crippen LogP contribution in [0.5, 0.6) is 5.75 Å². The maximum absolute atomic E-state index is 10.5. The Morgan fingerprint density at radius 2 is 2.12 bits per heavy atom. The zero-order valence-corrected chi connectivity index (χ0v) is 9.68. The van der Waals surface area contributed by atoms with Crippen LogP contribution in [0.3, 0.4) is 0 Å². The van der Waals surface area contributed by atoms with Gasteiger partial charge in [-0.1, -0.05) is 12.1 Å². The van der Waals surface area contributed by atoms with E-state index in [1.165, 1.54) is 5.56 Å². The van der Waals surface area contributed by atoms with Gasteiger partial charge in [0.15, 0.2) is 12.0 Å². The minimum absolute atomic E-state index is 0.380. The van der Waals surface area contributed by atoms with E-state index in [1.54, 1.807) is 13.2 Å². The Bertz CT molecular complexity index is 500. The Hall–Kier alpha value is -2.03. The molecule has 0 N–H and O–H groups in total. The van der Waals surface area contributed by atoms with E-state index < -0.39 is 0 Å². The van der Waals surface area contributed by atoms with Crippen molar-refractivity contribution in [1.82, 2.24) is 0 Å². The minimum atomic E-state index is 0.380. The first kappa shape index (κ1) is 11.5. The molecule has 0 spiro atoms. The molecule has 0 unspecified atom stereocenters. The Kier molecular flexibility index (Phi) is 3.60. The normalized spacial score (nSPS) is 10.2. The lowest BCUT2D eigenvalue weighted by Gasteiger charge is -2.03. The molecule has 0 fully saturated rings. The third-order valence-corrected chi connectivity index (χ3v) is 2.59. The predicted octanol–water partition coefficient (Wildman–Crippen LogP) is 2.89. The molecule has 88 valence electrons. The maximum Gasteiger partial charge on any atom is 0.185 e. The topological polar surface area (TPSA) is 39.4 Å². The van der Waals surface area contributed by atoms with Crippen LogP contribution in [0.1, 0.15) is 21.9 Å². The number of ether oxygens (including phenoxy) is 1. The molecule has 0 aliphatic heterocycles. The largest absolute Gasteiger partial charge is 0.497 e. The van der Waals surface area contributed by atoms with E-state index in [0.717, 1.165) is 30.6 Å². The number of hydrogen-bond donors (Lipinski definition) is 0. The molecule has 1 aromatic carbocycles. The lowest BCUT2D eigenvalue weighted by Crippen LogP contribution is -1.91. The summed E-state index contributed by atoms with van der Waals surface area (Å²) in [5.74, 6) is 2.07. The smallest absolute Gasteiger partial charge is 0.185 e. The molecule has 3 nitrogen and oxygen atoms in total. The molecule has 0 aliphatic carbocycles. The van der Waals surface area contributed by atoms with Crippen molar-refractivity contribution in [3.8, 4) is 5.75 Å². The van der Waals surface area contributed by atoms with Gasteiger partial charge in [0.1, 0.15) is 11.5 Å². The summed E-state index contributed by atoms with van der Waals surface area (Å²) in [4.78, 5) is 10.5. The van der Waals surface area contributed by atoms with Crippen LogP contribution in [-0.4, -0.2) is 13.4 Å².